The van der Waals surface area contributed by atoms with Gasteiger partial charge in [-0.05, 0) is 43.9 Å². The molecule has 3 atom stereocenters. The number of nitrogens with zero attached hydrogens (tertiary/aromatic N) is 3. The fraction of sp³-hybridized carbons (Fsp3) is 0.500. The van der Waals surface area contributed by atoms with E-state index in [1.54, 1.807) is 29.3 Å². The van der Waals surface area contributed by atoms with Crippen LogP contribution < -0.4 is 10.1 Å². The SMILES string of the molecule is Cn1nccc1CCC(=O)N[C@@H]1CCC[C@@H](Oc2cccnc2)[C@@H]1O. The Bertz CT molecular complexity index is 689. The van der Waals surface area contributed by atoms with Crippen molar-refractivity contribution < 1.29 is 14.6 Å². The third kappa shape index (κ3) is 4.57. The lowest BCUT2D eigenvalue weighted by Crippen LogP contribution is -2.52. The number of amides is 1. The minimum absolute atomic E-state index is 0.0627. The molecule has 7 nitrogen and oxygen atoms in total. The van der Waals surface area contributed by atoms with Crippen molar-refractivity contribution in [3.05, 3.63) is 42.5 Å². The molecule has 3 rings (SSSR count). The summed E-state index contributed by atoms with van der Waals surface area (Å²) >= 11 is 0. The third-order valence-corrected chi connectivity index (χ3v) is 4.60. The van der Waals surface area contributed by atoms with Crippen molar-refractivity contribution in [1.82, 2.24) is 20.1 Å². The summed E-state index contributed by atoms with van der Waals surface area (Å²) in [6.45, 7) is 0. The molecule has 2 heterocycles. The van der Waals surface area contributed by atoms with Crippen LogP contribution in [0.25, 0.3) is 0 Å². The van der Waals surface area contributed by atoms with Gasteiger partial charge in [0.25, 0.3) is 0 Å². The Morgan fingerprint density at radius 1 is 1.40 bits per heavy atom. The topological polar surface area (TPSA) is 89.3 Å². The van der Waals surface area contributed by atoms with Crippen molar-refractivity contribution >= 4 is 5.91 Å². The molecule has 2 aromatic rings. The maximum Gasteiger partial charge on any atom is 0.220 e. The number of carbonyl (C=O) groups excluding carboxylic acids is 1. The number of aromatic nitrogens is 3. The third-order valence-electron chi connectivity index (χ3n) is 4.60. The van der Waals surface area contributed by atoms with Crippen molar-refractivity contribution in [2.75, 3.05) is 0 Å². The standard InChI is InChI=1S/C18H24N4O3/c1-22-13(9-11-20-22)7-8-17(23)21-15-5-2-6-16(18(15)24)25-14-4-3-10-19-12-14/h3-4,9-12,15-16,18,24H,2,5-8H2,1H3,(H,21,23)/t15-,16-,18-/m1/s1. The zero-order chi connectivity index (χ0) is 17.6. The van der Waals surface area contributed by atoms with Crippen LogP contribution in [-0.2, 0) is 18.3 Å². The van der Waals surface area contributed by atoms with Crippen molar-refractivity contribution in [2.45, 2.75) is 50.4 Å². The predicted molar refractivity (Wildman–Crippen MR) is 92.0 cm³/mol. The molecule has 0 saturated heterocycles. The van der Waals surface area contributed by atoms with E-state index in [2.05, 4.69) is 15.4 Å². The van der Waals surface area contributed by atoms with E-state index < -0.39 is 6.10 Å². The molecule has 1 aliphatic rings. The highest BCUT2D eigenvalue weighted by molar-refractivity contribution is 5.76. The number of nitrogens with one attached hydrogen (secondary N) is 1. The number of aliphatic hydroxyl groups excluding tert-OH is 1. The highest BCUT2D eigenvalue weighted by atomic mass is 16.5. The van der Waals surface area contributed by atoms with Gasteiger partial charge in [-0.2, -0.15) is 5.10 Å². The van der Waals surface area contributed by atoms with Gasteiger partial charge in [-0.15, -0.1) is 0 Å². The lowest BCUT2D eigenvalue weighted by atomic mass is 9.89. The molecule has 134 valence electrons. The number of aliphatic hydroxyl groups is 1. The summed E-state index contributed by atoms with van der Waals surface area (Å²) in [5, 5.41) is 17.6. The molecule has 0 spiro atoms. The number of carbonyl (C=O) groups is 1. The fourth-order valence-electron chi connectivity index (χ4n) is 3.18. The first-order chi connectivity index (χ1) is 12.1. The lowest BCUT2D eigenvalue weighted by molar-refractivity contribution is -0.124. The molecule has 7 heteroatoms. The van der Waals surface area contributed by atoms with E-state index >= 15 is 0 Å². The smallest absolute Gasteiger partial charge is 0.220 e. The van der Waals surface area contributed by atoms with Crippen molar-refractivity contribution in [3.8, 4) is 5.75 Å². The summed E-state index contributed by atoms with van der Waals surface area (Å²) in [5.74, 6) is 0.571. The van der Waals surface area contributed by atoms with Gasteiger partial charge in [0.2, 0.25) is 5.91 Å². The molecule has 0 unspecified atom stereocenters. The second kappa shape index (κ2) is 8.11. The van der Waals surface area contributed by atoms with Gasteiger partial charge in [0.1, 0.15) is 18.0 Å². The number of hydrogen-bond acceptors (Lipinski definition) is 5. The van der Waals surface area contributed by atoms with Gasteiger partial charge in [0.05, 0.1) is 12.2 Å². The number of ether oxygens (including phenoxy) is 1. The number of pyridine rings is 1. The highest BCUT2D eigenvalue weighted by Gasteiger charge is 2.34. The second-order valence-electron chi connectivity index (χ2n) is 6.39. The molecule has 1 amide bonds. The van der Waals surface area contributed by atoms with Crippen molar-refractivity contribution in [2.24, 2.45) is 7.05 Å². The average molecular weight is 344 g/mol. The molecular weight excluding hydrogens is 320 g/mol. The van der Waals surface area contributed by atoms with E-state index in [1.165, 1.54) is 0 Å². The summed E-state index contributed by atoms with van der Waals surface area (Å²) in [5.41, 5.74) is 1.01. The first-order valence-electron chi connectivity index (χ1n) is 8.64. The number of hydrogen-bond donors (Lipinski definition) is 2. The van der Waals surface area contributed by atoms with Crippen LogP contribution in [0.15, 0.2) is 36.8 Å². The molecule has 2 aromatic heterocycles. The van der Waals surface area contributed by atoms with Gasteiger partial charge >= 0.3 is 0 Å². The number of aryl methyl sites for hydroxylation is 2. The van der Waals surface area contributed by atoms with Crippen LogP contribution in [0.1, 0.15) is 31.4 Å². The molecule has 1 aliphatic carbocycles. The van der Waals surface area contributed by atoms with Gasteiger partial charge < -0.3 is 15.2 Å². The maximum absolute atomic E-state index is 12.2. The van der Waals surface area contributed by atoms with Crippen LogP contribution in [0.4, 0.5) is 0 Å². The quantitative estimate of drug-likeness (QED) is 0.823. The molecule has 0 aliphatic heterocycles. The van der Waals surface area contributed by atoms with E-state index in [4.69, 9.17) is 4.74 Å². The molecule has 25 heavy (non-hydrogen) atoms. The summed E-state index contributed by atoms with van der Waals surface area (Å²) in [6.07, 6.45) is 7.38. The summed E-state index contributed by atoms with van der Waals surface area (Å²) < 4.78 is 7.60. The van der Waals surface area contributed by atoms with E-state index in [1.807, 2.05) is 19.2 Å². The monoisotopic (exact) mass is 344 g/mol. The Morgan fingerprint density at radius 2 is 2.28 bits per heavy atom. The molecule has 1 fully saturated rings. The van der Waals surface area contributed by atoms with Crippen LogP contribution in [0.5, 0.6) is 5.75 Å². The zero-order valence-corrected chi connectivity index (χ0v) is 14.3. The van der Waals surface area contributed by atoms with Gasteiger partial charge in [-0.3, -0.25) is 14.5 Å². The minimum Gasteiger partial charge on any atom is -0.486 e. The van der Waals surface area contributed by atoms with Crippen LogP contribution in [-0.4, -0.2) is 44.0 Å². The Labute approximate surface area is 147 Å². The zero-order valence-electron chi connectivity index (χ0n) is 14.3. The van der Waals surface area contributed by atoms with Gasteiger partial charge in [-0.1, -0.05) is 0 Å². The molecule has 2 N–H and O–H groups in total. The molecule has 0 aromatic carbocycles. The van der Waals surface area contributed by atoms with E-state index in [9.17, 15) is 9.90 Å². The maximum atomic E-state index is 12.2. The van der Waals surface area contributed by atoms with Gasteiger partial charge in [0, 0.05) is 31.6 Å². The second-order valence-corrected chi connectivity index (χ2v) is 6.39. The Hall–Kier alpha value is -2.41. The first-order valence-corrected chi connectivity index (χ1v) is 8.64. The van der Waals surface area contributed by atoms with Crippen LogP contribution >= 0.6 is 0 Å². The predicted octanol–water partition coefficient (Wildman–Crippen LogP) is 1.22. The van der Waals surface area contributed by atoms with Crippen molar-refractivity contribution in [1.29, 1.82) is 0 Å². The molecular formula is C18H24N4O3. The summed E-state index contributed by atoms with van der Waals surface area (Å²) in [6, 6.07) is 5.23. The highest BCUT2D eigenvalue weighted by Crippen LogP contribution is 2.24. The van der Waals surface area contributed by atoms with E-state index in [0.717, 1.165) is 25.0 Å². The summed E-state index contributed by atoms with van der Waals surface area (Å²) in [4.78, 5) is 16.2. The number of rotatable bonds is 6. The Kier molecular flexibility index (Phi) is 5.65. The largest absolute Gasteiger partial charge is 0.486 e. The molecule has 0 radical (unpaired) electrons. The normalized spacial score (nSPS) is 23.2. The van der Waals surface area contributed by atoms with Crippen LogP contribution in [0.2, 0.25) is 0 Å². The Morgan fingerprint density at radius 3 is 3.00 bits per heavy atom. The van der Waals surface area contributed by atoms with E-state index in [0.29, 0.717) is 18.6 Å². The average Bonchev–Trinajstić information content (AvgIpc) is 3.03. The van der Waals surface area contributed by atoms with Gasteiger partial charge in [-0.25, -0.2) is 0 Å². The van der Waals surface area contributed by atoms with E-state index in [-0.39, 0.29) is 18.1 Å². The fourth-order valence-corrected chi connectivity index (χ4v) is 3.18. The Balaban J connectivity index is 1.51. The van der Waals surface area contributed by atoms with Crippen LogP contribution in [0, 0.1) is 0 Å². The van der Waals surface area contributed by atoms with Gasteiger partial charge in [0.15, 0.2) is 0 Å². The van der Waals surface area contributed by atoms with Crippen LogP contribution in [0.3, 0.4) is 0 Å². The molecule has 1 saturated carbocycles. The first kappa shape index (κ1) is 17.4. The molecule has 0 bridgehead atoms. The minimum atomic E-state index is -0.727. The summed E-state index contributed by atoms with van der Waals surface area (Å²) in [7, 11) is 1.86. The van der Waals surface area contributed by atoms with Crippen molar-refractivity contribution in [3.63, 3.8) is 0 Å². The lowest BCUT2D eigenvalue weighted by Gasteiger charge is -2.35.